The van der Waals surface area contributed by atoms with Crippen molar-refractivity contribution in [2.45, 2.75) is 20.4 Å². The van der Waals surface area contributed by atoms with Crippen LogP contribution in [0.3, 0.4) is 0 Å². The van der Waals surface area contributed by atoms with Crippen molar-refractivity contribution in [1.29, 1.82) is 0 Å². The Morgan fingerprint density at radius 3 is 2.45 bits per heavy atom. The van der Waals surface area contributed by atoms with Crippen molar-refractivity contribution in [1.82, 2.24) is 14.1 Å². The molecule has 0 N–H and O–H groups in total. The molecule has 6 nitrogen and oxygen atoms in total. The molecule has 0 fully saturated rings. The number of hydrogen-bond donors (Lipinski definition) is 0. The Labute approximate surface area is 167 Å². The van der Waals surface area contributed by atoms with Gasteiger partial charge < -0.3 is 4.74 Å². The Hall–Kier alpha value is -3.67. The van der Waals surface area contributed by atoms with E-state index in [0.29, 0.717) is 22.5 Å². The number of hydrogen-bond acceptors (Lipinski definition) is 4. The summed E-state index contributed by atoms with van der Waals surface area (Å²) in [4.78, 5) is 31.3. The molecular formula is C23H21N3O3. The number of nitrogens with zero attached hydrogens (tertiary/aromatic N) is 3. The maximum absolute atomic E-state index is 13.4. The van der Waals surface area contributed by atoms with Gasteiger partial charge >= 0.3 is 5.69 Å². The number of benzene rings is 2. The van der Waals surface area contributed by atoms with Gasteiger partial charge in [-0.15, -0.1) is 0 Å². The van der Waals surface area contributed by atoms with Crippen molar-refractivity contribution >= 4 is 11.0 Å². The van der Waals surface area contributed by atoms with Crippen molar-refractivity contribution in [3.05, 3.63) is 98.3 Å². The fourth-order valence-corrected chi connectivity index (χ4v) is 3.58. The number of methoxy groups -OCH3 is 1. The van der Waals surface area contributed by atoms with Gasteiger partial charge in [0.1, 0.15) is 5.75 Å². The number of ether oxygens (including phenoxy) is 1. The Morgan fingerprint density at radius 2 is 1.72 bits per heavy atom. The van der Waals surface area contributed by atoms with Gasteiger partial charge in [0.15, 0.2) is 5.65 Å². The maximum Gasteiger partial charge on any atom is 0.337 e. The molecule has 4 aromatic rings. The second kappa shape index (κ2) is 7.39. The van der Waals surface area contributed by atoms with E-state index in [1.54, 1.807) is 7.11 Å². The smallest absolute Gasteiger partial charge is 0.337 e. The second-order valence-electron chi connectivity index (χ2n) is 6.98. The molecular weight excluding hydrogens is 366 g/mol. The van der Waals surface area contributed by atoms with Gasteiger partial charge in [-0.25, -0.2) is 14.3 Å². The number of aryl methyl sites for hydroxylation is 2. The van der Waals surface area contributed by atoms with E-state index in [-0.39, 0.29) is 12.1 Å². The van der Waals surface area contributed by atoms with Crippen LogP contribution in [-0.4, -0.2) is 21.2 Å². The number of aromatic nitrogens is 3. The molecule has 6 heteroatoms. The molecule has 0 bridgehead atoms. The normalized spacial score (nSPS) is 11.0. The van der Waals surface area contributed by atoms with Gasteiger partial charge in [0, 0.05) is 5.69 Å². The van der Waals surface area contributed by atoms with Crippen LogP contribution >= 0.6 is 0 Å². The molecule has 0 atom stereocenters. The van der Waals surface area contributed by atoms with E-state index < -0.39 is 5.69 Å². The predicted octanol–water partition coefficient (Wildman–Crippen LogP) is 3.22. The third kappa shape index (κ3) is 3.33. The standard InChI is InChI=1S/C23H21N3O3/c1-15-12-16(2)24-21-20(15)22(27)25(14-17-8-7-11-19(13-17)29-3)23(28)26(21)18-9-5-4-6-10-18/h4-13H,14H2,1-3H3. The SMILES string of the molecule is COc1cccc(Cn2c(=O)c3c(C)cc(C)nc3n(-c3ccccc3)c2=O)c1. The van der Waals surface area contributed by atoms with Crippen LogP contribution in [0.4, 0.5) is 0 Å². The molecule has 4 rings (SSSR count). The van der Waals surface area contributed by atoms with Crippen LogP contribution in [0.2, 0.25) is 0 Å². The predicted molar refractivity (Wildman–Crippen MR) is 113 cm³/mol. The zero-order chi connectivity index (χ0) is 20.5. The third-order valence-corrected chi connectivity index (χ3v) is 4.91. The quantitative estimate of drug-likeness (QED) is 0.539. The molecule has 0 radical (unpaired) electrons. The molecule has 0 saturated carbocycles. The first-order valence-corrected chi connectivity index (χ1v) is 9.32. The molecule has 2 aromatic carbocycles. The molecule has 0 aliphatic heterocycles. The first-order chi connectivity index (χ1) is 14.0. The van der Waals surface area contributed by atoms with Crippen LogP contribution < -0.4 is 16.0 Å². The first-order valence-electron chi connectivity index (χ1n) is 9.32. The van der Waals surface area contributed by atoms with Crippen LogP contribution in [0.1, 0.15) is 16.8 Å². The van der Waals surface area contributed by atoms with Gasteiger partial charge in [-0.05, 0) is 55.3 Å². The fraction of sp³-hybridized carbons (Fsp3) is 0.174. The van der Waals surface area contributed by atoms with Crippen LogP contribution in [0.15, 0.2) is 70.3 Å². The number of pyridine rings is 1. The summed E-state index contributed by atoms with van der Waals surface area (Å²) >= 11 is 0. The van der Waals surface area contributed by atoms with E-state index in [9.17, 15) is 9.59 Å². The topological polar surface area (TPSA) is 66.1 Å². The molecule has 0 unspecified atom stereocenters. The van der Waals surface area contributed by atoms with Gasteiger partial charge in [-0.1, -0.05) is 30.3 Å². The Kier molecular flexibility index (Phi) is 4.76. The molecule has 2 heterocycles. The molecule has 0 amide bonds. The molecule has 0 aliphatic carbocycles. The average molecular weight is 387 g/mol. The molecule has 2 aromatic heterocycles. The van der Waals surface area contributed by atoms with Crippen molar-refractivity contribution in [2.75, 3.05) is 7.11 Å². The summed E-state index contributed by atoms with van der Waals surface area (Å²) in [6.45, 7) is 3.87. The zero-order valence-electron chi connectivity index (χ0n) is 16.5. The molecule has 0 spiro atoms. The minimum absolute atomic E-state index is 0.144. The van der Waals surface area contributed by atoms with Crippen molar-refractivity contribution in [3.8, 4) is 11.4 Å². The highest BCUT2D eigenvalue weighted by Gasteiger charge is 2.18. The molecule has 0 aliphatic rings. The minimum atomic E-state index is -0.422. The lowest BCUT2D eigenvalue weighted by Crippen LogP contribution is -2.40. The van der Waals surface area contributed by atoms with Gasteiger partial charge in [0.25, 0.3) is 5.56 Å². The van der Waals surface area contributed by atoms with Gasteiger partial charge in [0.05, 0.1) is 24.7 Å². The molecule has 0 saturated heterocycles. The monoisotopic (exact) mass is 387 g/mol. The van der Waals surface area contributed by atoms with Gasteiger partial charge in [-0.2, -0.15) is 0 Å². The lowest BCUT2D eigenvalue weighted by Gasteiger charge is -2.15. The molecule has 29 heavy (non-hydrogen) atoms. The Morgan fingerprint density at radius 1 is 0.966 bits per heavy atom. The lowest BCUT2D eigenvalue weighted by atomic mass is 10.1. The lowest BCUT2D eigenvalue weighted by molar-refractivity contribution is 0.414. The van der Waals surface area contributed by atoms with E-state index in [2.05, 4.69) is 4.98 Å². The highest BCUT2D eigenvalue weighted by molar-refractivity contribution is 5.79. The highest BCUT2D eigenvalue weighted by Crippen LogP contribution is 2.17. The largest absolute Gasteiger partial charge is 0.497 e. The van der Waals surface area contributed by atoms with Crippen molar-refractivity contribution in [3.63, 3.8) is 0 Å². The highest BCUT2D eigenvalue weighted by atomic mass is 16.5. The van der Waals surface area contributed by atoms with Crippen LogP contribution in [0.25, 0.3) is 16.7 Å². The summed E-state index contributed by atoms with van der Waals surface area (Å²) in [6, 6.07) is 18.5. The summed E-state index contributed by atoms with van der Waals surface area (Å²) in [7, 11) is 1.58. The zero-order valence-corrected chi connectivity index (χ0v) is 16.5. The molecule has 146 valence electrons. The van der Waals surface area contributed by atoms with Gasteiger partial charge in [-0.3, -0.25) is 9.36 Å². The number of rotatable bonds is 4. The third-order valence-electron chi connectivity index (χ3n) is 4.91. The van der Waals surface area contributed by atoms with E-state index >= 15 is 0 Å². The van der Waals surface area contributed by atoms with E-state index in [1.807, 2.05) is 74.5 Å². The van der Waals surface area contributed by atoms with Crippen molar-refractivity contribution in [2.24, 2.45) is 0 Å². The summed E-state index contributed by atoms with van der Waals surface area (Å²) in [5.74, 6) is 0.674. The Balaban J connectivity index is 2.05. The van der Waals surface area contributed by atoms with Crippen LogP contribution in [-0.2, 0) is 6.54 Å². The summed E-state index contributed by atoms with van der Waals surface area (Å²) in [6.07, 6.45) is 0. The fourth-order valence-electron chi connectivity index (χ4n) is 3.58. The Bertz CT molecular complexity index is 1320. The van der Waals surface area contributed by atoms with Crippen LogP contribution in [0.5, 0.6) is 5.75 Å². The number of para-hydroxylation sites is 1. The summed E-state index contributed by atoms with van der Waals surface area (Å²) in [5, 5.41) is 0.446. The van der Waals surface area contributed by atoms with E-state index in [4.69, 9.17) is 4.74 Å². The summed E-state index contributed by atoms with van der Waals surface area (Å²) < 4.78 is 8.04. The first kappa shape index (κ1) is 18.7. The van der Waals surface area contributed by atoms with Gasteiger partial charge in [0.2, 0.25) is 0 Å². The second-order valence-corrected chi connectivity index (χ2v) is 6.98. The number of fused-ring (bicyclic) bond motifs is 1. The van der Waals surface area contributed by atoms with Crippen LogP contribution in [0, 0.1) is 13.8 Å². The van der Waals surface area contributed by atoms with Crippen molar-refractivity contribution < 1.29 is 4.74 Å². The van der Waals surface area contributed by atoms with E-state index in [1.165, 1.54) is 9.13 Å². The maximum atomic E-state index is 13.4. The minimum Gasteiger partial charge on any atom is -0.497 e. The van der Waals surface area contributed by atoms with E-state index in [0.717, 1.165) is 16.8 Å². The summed E-state index contributed by atoms with van der Waals surface area (Å²) in [5.41, 5.74) is 2.63. The average Bonchev–Trinajstić information content (AvgIpc) is 2.71.